The average Bonchev–Trinajstić information content (AvgIpc) is 0.895. The molecule has 17 nitrogen and oxygen atoms in total. The standard InChI is InChI=1S/C97H190O17P2/c1-8-11-12-13-14-15-16-33-43-50-57-64-71-78-94(99)107-84-92(113-97(102)81-74-67-60-53-46-39-32-26-25-27-34-40-47-54-61-68-75-88(4)5)86-111-115(103,104)109-82-91(98)83-110-116(105,106)112-87-93(114-96(101)80-73-66-59-52-45-38-31-24-20-18-22-29-36-42-49-56-63-70-77-90(7)10-3)85-108-95(100)79-72-65-58-51-44-37-30-23-19-17-21-28-35-41-48-55-62-69-76-89(6)9-2/h88-93,98H,8-87H2,1-7H3,(H,103,104)(H,105,106)/t89?,90?,91-,92+,93+/m0/s1. The number of rotatable bonds is 95. The van der Waals surface area contributed by atoms with Gasteiger partial charge in [0.2, 0.25) is 0 Å². The zero-order chi connectivity index (χ0) is 85.0. The van der Waals surface area contributed by atoms with Gasteiger partial charge in [0.05, 0.1) is 26.4 Å². The van der Waals surface area contributed by atoms with E-state index >= 15 is 0 Å². The molecule has 3 N–H and O–H groups in total. The second kappa shape index (κ2) is 86.6. The number of phosphoric acid groups is 2. The van der Waals surface area contributed by atoms with E-state index in [4.69, 9.17) is 37.0 Å². The Hall–Kier alpha value is -1.94. The van der Waals surface area contributed by atoms with Gasteiger partial charge in [-0.25, -0.2) is 9.13 Å². The van der Waals surface area contributed by atoms with Crippen LogP contribution in [0.15, 0.2) is 0 Å². The number of ether oxygens (including phenoxy) is 4. The number of hydrogen-bond donors (Lipinski definition) is 3. The van der Waals surface area contributed by atoms with E-state index in [1.54, 1.807) is 0 Å². The van der Waals surface area contributed by atoms with Crippen LogP contribution in [-0.4, -0.2) is 96.7 Å². The van der Waals surface area contributed by atoms with Crippen LogP contribution in [0.4, 0.5) is 0 Å². The maximum Gasteiger partial charge on any atom is 0.472 e. The van der Waals surface area contributed by atoms with Crippen molar-refractivity contribution in [1.29, 1.82) is 0 Å². The van der Waals surface area contributed by atoms with E-state index < -0.39 is 97.5 Å². The van der Waals surface area contributed by atoms with E-state index in [-0.39, 0.29) is 25.7 Å². The van der Waals surface area contributed by atoms with Gasteiger partial charge in [0.1, 0.15) is 19.3 Å². The van der Waals surface area contributed by atoms with Crippen molar-refractivity contribution in [3.05, 3.63) is 0 Å². The number of aliphatic hydroxyl groups is 1. The molecule has 7 atom stereocenters. The van der Waals surface area contributed by atoms with E-state index in [0.717, 1.165) is 108 Å². The summed E-state index contributed by atoms with van der Waals surface area (Å²) in [5, 5.41) is 10.7. The summed E-state index contributed by atoms with van der Waals surface area (Å²) in [6.45, 7) is 12.2. The Bertz CT molecular complexity index is 2220. The van der Waals surface area contributed by atoms with E-state index in [0.29, 0.717) is 25.7 Å². The second-order valence-electron chi connectivity index (χ2n) is 35.8. The zero-order valence-corrected chi connectivity index (χ0v) is 78.8. The second-order valence-corrected chi connectivity index (χ2v) is 38.7. The van der Waals surface area contributed by atoms with Crippen LogP contribution in [0.2, 0.25) is 0 Å². The number of aliphatic hydroxyl groups excluding tert-OH is 1. The van der Waals surface area contributed by atoms with Crippen LogP contribution in [0, 0.1) is 17.8 Å². The van der Waals surface area contributed by atoms with Crippen LogP contribution in [-0.2, 0) is 65.4 Å². The summed E-state index contributed by atoms with van der Waals surface area (Å²) in [4.78, 5) is 73.6. The molecule has 0 heterocycles. The fourth-order valence-electron chi connectivity index (χ4n) is 15.2. The highest BCUT2D eigenvalue weighted by Crippen LogP contribution is 2.45. The molecule has 0 radical (unpaired) electrons. The molecule has 0 aromatic rings. The third-order valence-electron chi connectivity index (χ3n) is 23.6. The lowest BCUT2D eigenvalue weighted by Gasteiger charge is -2.21. The smallest absolute Gasteiger partial charge is 0.462 e. The number of carbonyl (C=O) groups is 4. The van der Waals surface area contributed by atoms with Gasteiger partial charge in [-0.15, -0.1) is 0 Å². The van der Waals surface area contributed by atoms with Gasteiger partial charge in [-0.3, -0.25) is 37.3 Å². The number of carbonyl (C=O) groups excluding carboxylic acids is 4. The summed E-state index contributed by atoms with van der Waals surface area (Å²) in [6.07, 6.45) is 81.9. The maximum atomic E-state index is 13.2. The maximum absolute atomic E-state index is 13.2. The molecule has 116 heavy (non-hydrogen) atoms. The largest absolute Gasteiger partial charge is 0.472 e. The van der Waals surface area contributed by atoms with Gasteiger partial charge in [0, 0.05) is 25.7 Å². The van der Waals surface area contributed by atoms with Gasteiger partial charge in [-0.05, 0) is 43.4 Å². The van der Waals surface area contributed by atoms with Crippen LogP contribution in [0.3, 0.4) is 0 Å². The van der Waals surface area contributed by atoms with Gasteiger partial charge < -0.3 is 33.8 Å². The Morgan fingerprint density at radius 3 is 0.655 bits per heavy atom. The summed E-state index contributed by atoms with van der Waals surface area (Å²) in [6, 6.07) is 0. The lowest BCUT2D eigenvalue weighted by molar-refractivity contribution is -0.161. The van der Waals surface area contributed by atoms with Crippen molar-refractivity contribution in [1.82, 2.24) is 0 Å². The Kier molecular flexibility index (Phi) is 85.1. The molecule has 690 valence electrons. The Labute approximate surface area is 715 Å². The van der Waals surface area contributed by atoms with Crippen LogP contribution in [0.1, 0.15) is 524 Å². The van der Waals surface area contributed by atoms with Gasteiger partial charge in [-0.2, -0.15) is 0 Å². The monoisotopic (exact) mass is 1690 g/mol. The topological polar surface area (TPSA) is 237 Å². The molecule has 0 fully saturated rings. The minimum atomic E-state index is -4.97. The first-order chi connectivity index (χ1) is 56.3. The number of hydrogen-bond acceptors (Lipinski definition) is 15. The highest BCUT2D eigenvalue weighted by Gasteiger charge is 2.31. The molecule has 0 aliphatic carbocycles. The molecule has 0 spiro atoms. The minimum Gasteiger partial charge on any atom is -0.462 e. The van der Waals surface area contributed by atoms with E-state index in [9.17, 15) is 43.2 Å². The van der Waals surface area contributed by atoms with E-state index in [2.05, 4.69) is 48.5 Å². The molecule has 19 heteroatoms. The predicted octanol–water partition coefficient (Wildman–Crippen LogP) is 30.4. The first kappa shape index (κ1) is 114. The first-order valence-corrected chi connectivity index (χ1v) is 52.9. The molecule has 0 aromatic heterocycles. The van der Waals surface area contributed by atoms with E-state index in [1.165, 1.54) is 334 Å². The molecule has 0 aromatic carbocycles. The number of esters is 4. The Balaban J connectivity index is 5.25. The summed E-state index contributed by atoms with van der Waals surface area (Å²) < 4.78 is 69.3. The highest BCUT2D eigenvalue weighted by atomic mass is 31.2. The van der Waals surface area contributed by atoms with E-state index in [1.807, 2.05) is 0 Å². The van der Waals surface area contributed by atoms with Crippen molar-refractivity contribution in [3.8, 4) is 0 Å². The molecule has 0 rings (SSSR count). The fourth-order valence-corrected chi connectivity index (χ4v) is 16.8. The Morgan fingerprint density at radius 2 is 0.440 bits per heavy atom. The van der Waals surface area contributed by atoms with Crippen molar-refractivity contribution in [3.63, 3.8) is 0 Å². The molecule has 0 saturated heterocycles. The summed E-state index contributed by atoms with van der Waals surface area (Å²) >= 11 is 0. The SMILES string of the molecule is CCCCCCCCCCCCCCCC(=O)OC[C@H](COP(=O)(O)OC[C@H](O)COP(=O)(O)OC[C@@H](COC(=O)CCCCCCCCCCCCCCCCCCCCC(C)CC)OC(=O)CCCCCCCCCCCCCCCCCCCCC(C)CC)OC(=O)CCCCCCCCCCCCCCCCCCC(C)C. The third kappa shape index (κ3) is 87.0. The van der Waals surface area contributed by atoms with Crippen molar-refractivity contribution in [2.24, 2.45) is 17.8 Å². The van der Waals surface area contributed by atoms with Gasteiger partial charge in [0.15, 0.2) is 12.2 Å². The van der Waals surface area contributed by atoms with Crippen molar-refractivity contribution in [2.45, 2.75) is 542 Å². The third-order valence-corrected chi connectivity index (χ3v) is 25.5. The molecular weight excluding hydrogens is 1500 g/mol. The lowest BCUT2D eigenvalue weighted by atomic mass is 9.99. The quantitative estimate of drug-likeness (QED) is 0.0222. The lowest BCUT2D eigenvalue weighted by Crippen LogP contribution is -2.30. The van der Waals surface area contributed by atoms with Crippen molar-refractivity contribution in [2.75, 3.05) is 39.6 Å². The molecule has 4 unspecified atom stereocenters. The summed E-state index contributed by atoms with van der Waals surface area (Å²) in [7, 11) is -9.95. The number of phosphoric ester groups is 2. The molecule has 0 saturated carbocycles. The minimum absolute atomic E-state index is 0.109. The van der Waals surface area contributed by atoms with Crippen LogP contribution >= 0.6 is 15.6 Å². The normalized spacial score (nSPS) is 14.2. The summed E-state index contributed by atoms with van der Waals surface area (Å²) in [5.74, 6) is 0.465. The molecule has 0 aliphatic heterocycles. The molecule has 0 aliphatic rings. The molecule has 0 bridgehead atoms. The highest BCUT2D eigenvalue weighted by molar-refractivity contribution is 7.47. The van der Waals surface area contributed by atoms with Crippen LogP contribution < -0.4 is 0 Å². The van der Waals surface area contributed by atoms with Crippen molar-refractivity contribution >= 4 is 39.5 Å². The average molecular weight is 1690 g/mol. The van der Waals surface area contributed by atoms with Crippen LogP contribution in [0.25, 0.3) is 0 Å². The van der Waals surface area contributed by atoms with Gasteiger partial charge in [0.25, 0.3) is 0 Å². The van der Waals surface area contributed by atoms with Gasteiger partial charge in [-0.1, -0.05) is 472 Å². The Morgan fingerprint density at radius 1 is 0.250 bits per heavy atom. The van der Waals surface area contributed by atoms with Gasteiger partial charge >= 0.3 is 39.5 Å². The summed E-state index contributed by atoms with van der Waals surface area (Å²) in [5.41, 5.74) is 0. The molecule has 0 amide bonds. The van der Waals surface area contributed by atoms with Crippen molar-refractivity contribution < 1.29 is 80.2 Å². The molecular formula is C97H190O17P2. The first-order valence-electron chi connectivity index (χ1n) is 49.9. The zero-order valence-electron chi connectivity index (χ0n) is 77.0. The van der Waals surface area contributed by atoms with Crippen LogP contribution in [0.5, 0.6) is 0 Å². The predicted molar refractivity (Wildman–Crippen MR) is 483 cm³/mol. The number of unbranched alkanes of at least 4 members (excludes halogenated alkanes) is 61. The fraction of sp³-hybridized carbons (Fsp3) is 0.959.